The highest BCUT2D eigenvalue weighted by molar-refractivity contribution is 7.14. The number of anilines is 2. The van der Waals surface area contributed by atoms with Gasteiger partial charge in [-0.2, -0.15) is 0 Å². The van der Waals surface area contributed by atoms with Gasteiger partial charge in [0, 0.05) is 34.7 Å². The van der Waals surface area contributed by atoms with E-state index in [1.54, 1.807) is 0 Å². The Bertz CT molecular complexity index is 1250. The molecule has 38 heavy (non-hydrogen) atoms. The standard InChI is InChI=1S/C30H34N4O2S2/c1-5-19(3)21-7-11-23(12-8-21)25-17-37-29(31-25)33-27(35)15-16-28(36)34-30-32-26(18-38-30)24-13-9-22(10-14-24)20(4)6-2/h7-14,17-20H,5-6,15-16H2,1-4H3,(H,31,33,35)(H,32,34,36). The third-order valence-electron chi connectivity index (χ3n) is 6.86. The van der Waals surface area contributed by atoms with Gasteiger partial charge in [-0.05, 0) is 35.8 Å². The summed E-state index contributed by atoms with van der Waals surface area (Å²) in [5.74, 6) is 0.565. The van der Waals surface area contributed by atoms with Crippen molar-refractivity contribution < 1.29 is 9.59 Å². The van der Waals surface area contributed by atoms with Crippen molar-refractivity contribution in [3.63, 3.8) is 0 Å². The summed E-state index contributed by atoms with van der Waals surface area (Å²) in [6.45, 7) is 8.79. The van der Waals surface area contributed by atoms with Crippen molar-refractivity contribution in [2.75, 3.05) is 10.6 Å². The second kappa shape index (κ2) is 12.9. The minimum absolute atomic E-state index is 0.0691. The van der Waals surface area contributed by atoms with Gasteiger partial charge in [0.15, 0.2) is 10.3 Å². The van der Waals surface area contributed by atoms with E-state index in [1.807, 2.05) is 10.8 Å². The summed E-state index contributed by atoms with van der Waals surface area (Å²) in [5, 5.41) is 10.5. The van der Waals surface area contributed by atoms with Gasteiger partial charge in [0.2, 0.25) is 11.8 Å². The number of benzene rings is 2. The maximum atomic E-state index is 12.4. The molecular weight excluding hydrogens is 512 g/mol. The molecule has 4 rings (SSSR count). The van der Waals surface area contributed by atoms with Gasteiger partial charge >= 0.3 is 0 Å². The van der Waals surface area contributed by atoms with Crippen LogP contribution in [-0.4, -0.2) is 21.8 Å². The van der Waals surface area contributed by atoms with Crippen molar-refractivity contribution in [1.29, 1.82) is 0 Å². The Labute approximate surface area is 232 Å². The Balaban J connectivity index is 1.25. The lowest BCUT2D eigenvalue weighted by Crippen LogP contribution is -2.17. The SMILES string of the molecule is CCC(C)c1ccc(-c2csc(NC(=O)CCC(=O)Nc3nc(-c4ccc(C(C)CC)cc4)cs3)n2)cc1. The maximum Gasteiger partial charge on any atom is 0.226 e. The molecule has 0 fully saturated rings. The van der Waals surface area contributed by atoms with Gasteiger partial charge < -0.3 is 10.6 Å². The summed E-state index contributed by atoms with van der Waals surface area (Å²) in [6.07, 6.45) is 2.34. The highest BCUT2D eigenvalue weighted by atomic mass is 32.1. The Hall–Kier alpha value is -3.36. The van der Waals surface area contributed by atoms with Gasteiger partial charge in [-0.1, -0.05) is 76.2 Å². The molecule has 0 radical (unpaired) electrons. The molecule has 0 aliphatic heterocycles. The monoisotopic (exact) mass is 546 g/mol. The predicted octanol–water partition coefficient (Wildman–Crippen LogP) is 8.32. The number of aromatic nitrogens is 2. The average molecular weight is 547 g/mol. The van der Waals surface area contributed by atoms with E-state index in [-0.39, 0.29) is 24.7 Å². The summed E-state index contributed by atoms with van der Waals surface area (Å²) in [6, 6.07) is 16.8. The zero-order chi connectivity index (χ0) is 27.1. The van der Waals surface area contributed by atoms with Gasteiger partial charge in [0.1, 0.15) is 0 Å². The Morgan fingerprint density at radius 1 is 0.684 bits per heavy atom. The molecule has 2 amide bonds. The Morgan fingerprint density at radius 3 is 1.39 bits per heavy atom. The molecule has 0 spiro atoms. The molecule has 6 nitrogen and oxygen atoms in total. The van der Waals surface area contributed by atoms with E-state index in [0.29, 0.717) is 22.1 Å². The van der Waals surface area contributed by atoms with Crippen molar-refractivity contribution in [2.24, 2.45) is 0 Å². The molecule has 0 aliphatic rings. The summed E-state index contributed by atoms with van der Waals surface area (Å²) in [7, 11) is 0. The van der Waals surface area contributed by atoms with Gasteiger partial charge in [0.05, 0.1) is 11.4 Å². The Kier molecular flexibility index (Phi) is 9.42. The quantitative estimate of drug-likeness (QED) is 0.198. The van der Waals surface area contributed by atoms with Crippen LogP contribution in [0.15, 0.2) is 59.3 Å². The zero-order valence-corrected chi connectivity index (χ0v) is 23.9. The second-order valence-corrected chi connectivity index (χ2v) is 11.3. The highest BCUT2D eigenvalue weighted by Crippen LogP contribution is 2.29. The van der Waals surface area contributed by atoms with Gasteiger partial charge in [0.25, 0.3) is 0 Å². The summed E-state index contributed by atoms with van der Waals surface area (Å²) >= 11 is 2.75. The van der Waals surface area contributed by atoms with E-state index >= 15 is 0 Å². The molecule has 2 unspecified atom stereocenters. The van der Waals surface area contributed by atoms with E-state index in [1.165, 1.54) is 33.8 Å². The zero-order valence-electron chi connectivity index (χ0n) is 22.3. The van der Waals surface area contributed by atoms with Crippen LogP contribution in [0.5, 0.6) is 0 Å². The van der Waals surface area contributed by atoms with Crippen LogP contribution in [0, 0.1) is 0 Å². The minimum atomic E-state index is -0.241. The summed E-state index contributed by atoms with van der Waals surface area (Å²) in [4.78, 5) is 33.9. The van der Waals surface area contributed by atoms with Crippen molar-refractivity contribution in [3.05, 3.63) is 70.4 Å². The topological polar surface area (TPSA) is 84.0 Å². The molecule has 2 aromatic heterocycles. The number of nitrogens with zero attached hydrogens (tertiary/aromatic N) is 2. The van der Waals surface area contributed by atoms with Crippen molar-refractivity contribution in [2.45, 2.75) is 65.2 Å². The molecule has 4 aromatic rings. The molecule has 2 atom stereocenters. The van der Waals surface area contributed by atoms with Gasteiger partial charge in [-0.3, -0.25) is 9.59 Å². The fourth-order valence-electron chi connectivity index (χ4n) is 3.95. The molecule has 2 heterocycles. The summed E-state index contributed by atoms with van der Waals surface area (Å²) in [5.41, 5.74) is 6.30. The van der Waals surface area contributed by atoms with E-state index < -0.39 is 0 Å². The van der Waals surface area contributed by atoms with E-state index in [2.05, 4.69) is 96.8 Å². The molecule has 0 saturated carbocycles. The fraction of sp³-hybridized carbons (Fsp3) is 0.333. The fourth-order valence-corrected chi connectivity index (χ4v) is 5.43. The normalized spacial score (nSPS) is 12.6. The molecule has 8 heteroatoms. The molecule has 198 valence electrons. The van der Waals surface area contributed by atoms with E-state index in [9.17, 15) is 9.59 Å². The lowest BCUT2D eigenvalue weighted by molar-refractivity contribution is -0.121. The first-order valence-electron chi connectivity index (χ1n) is 13.1. The van der Waals surface area contributed by atoms with Crippen molar-refractivity contribution >= 4 is 44.8 Å². The van der Waals surface area contributed by atoms with Crippen LogP contribution in [0.1, 0.15) is 76.3 Å². The molecule has 0 saturated heterocycles. The number of nitrogens with one attached hydrogen (secondary N) is 2. The van der Waals surface area contributed by atoms with Gasteiger partial charge in [-0.15, -0.1) is 22.7 Å². The van der Waals surface area contributed by atoms with E-state index in [0.717, 1.165) is 35.4 Å². The first-order valence-corrected chi connectivity index (χ1v) is 14.8. The van der Waals surface area contributed by atoms with Crippen molar-refractivity contribution in [1.82, 2.24) is 9.97 Å². The van der Waals surface area contributed by atoms with Gasteiger partial charge in [-0.25, -0.2) is 9.97 Å². The van der Waals surface area contributed by atoms with Crippen LogP contribution in [0.25, 0.3) is 22.5 Å². The lowest BCUT2D eigenvalue weighted by atomic mass is 9.97. The second-order valence-electron chi connectivity index (χ2n) is 9.53. The van der Waals surface area contributed by atoms with Crippen molar-refractivity contribution in [3.8, 4) is 22.5 Å². The molecular formula is C30H34N4O2S2. The Morgan fingerprint density at radius 2 is 1.05 bits per heavy atom. The lowest BCUT2D eigenvalue weighted by Gasteiger charge is -2.09. The number of hydrogen-bond acceptors (Lipinski definition) is 6. The number of carbonyl (C=O) groups excluding carboxylic acids is 2. The van der Waals surface area contributed by atoms with Crippen LogP contribution < -0.4 is 10.6 Å². The number of thiazole rings is 2. The number of carbonyl (C=O) groups is 2. The van der Waals surface area contributed by atoms with Crippen LogP contribution >= 0.6 is 22.7 Å². The molecule has 2 N–H and O–H groups in total. The van der Waals surface area contributed by atoms with Crippen LogP contribution in [0.3, 0.4) is 0 Å². The smallest absolute Gasteiger partial charge is 0.226 e. The first kappa shape index (κ1) is 27.7. The predicted molar refractivity (Wildman–Crippen MR) is 159 cm³/mol. The largest absolute Gasteiger partial charge is 0.302 e. The average Bonchev–Trinajstić information content (AvgIpc) is 3.61. The maximum absolute atomic E-state index is 12.4. The highest BCUT2D eigenvalue weighted by Gasteiger charge is 2.13. The molecule has 0 bridgehead atoms. The third-order valence-corrected chi connectivity index (χ3v) is 8.37. The van der Waals surface area contributed by atoms with E-state index in [4.69, 9.17) is 0 Å². The van der Waals surface area contributed by atoms with Crippen LogP contribution in [0.4, 0.5) is 10.3 Å². The molecule has 2 aromatic carbocycles. The van der Waals surface area contributed by atoms with Crippen LogP contribution in [0.2, 0.25) is 0 Å². The van der Waals surface area contributed by atoms with Crippen LogP contribution in [-0.2, 0) is 9.59 Å². The summed E-state index contributed by atoms with van der Waals surface area (Å²) < 4.78 is 0. The molecule has 0 aliphatic carbocycles. The first-order chi connectivity index (χ1) is 18.4. The number of hydrogen-bond donors (Lipinski definition) is 2. The number of rotatable bonds is 11. The third kappa shape index (κ3) is 7.14. The minimum Gasteiger partial charge on any atom is -0.302 e. The number of amides is 2.